The van der Waals surface area contributed by atoms with Crippen molar-refractivity contribution < 1.29 is 119 Å². The Hall–Kier alpha value is -9.60. The van der Waals surface area contributed by atoms with Gasteiger partial charge in [0, 0.05) is 68.6 Å². The van der Waals surface area contributed by atoms with Gasteiger partial charge in [0.05, 0.1) is 64.1 Å². The number of hydrogen-bond donors (Lipinski definition) is 3. The van der Waals surface area contributed by atoms with E-state index >= 15 is 14.4 Å². The minimum atomic E-state index is -4.25. The number of amides is 2. The number of unbranched alkanes of at least 4 members (excludes halogenated alkanes) is 30. The average molecular weight is 1930 g/mol. The highest BCUT2D eigenvalue weighted by Crippen LogP contribution is 2.65. The zero-order valence-corrected chi connectivity index (χ0v) is 84.1. The summed E-state index contributed by atoms with van der Waals surface area (Å²) in [6.07, 6.45) is 24.7. The number of phosphoric ester groups is 1. The number of benzene rings is 5. The van der Waals surface area contributed by atoms with E-state index in [-0.39, 0.29) is 72.5 Å². The fourth-order valence-corrected chi connectivity index (χ4v) is 20.8. The van der Waals surface area contributed by atoms with Gasteiger partial charge in [-0.05, 0) is 129 Å². The number of anilines is 1. The number of aliphatic carboxylic acids is 1. The van der Waals surface area contributed by atoms with Crippen LogP contribution in [-0.4, -0.2) is 170 Å². The number of nitrogens with zero attached hydrogens (tertiary/aromatic N) is 1. The van der Waals surface area contributed by atoms with E-state index in [1.54, 1.807) is 78.9 Å². The van der Waals surface area contributed by atoms with Gasteiger partial charge in [-0.1, -0.05) is 297 Å². The zero-order valence-electron chi connectivity index (χ0n) is 83.2. The molecule has 9 rings (SSSR count). The molecule has 3 N–H and O–H groups in total. The lowest BCUT2D eigenvalue weighted by Crippen LogP contribution is -2.82. The number of carboxylic acid groups (broad SMARTS) is 1. The fourth-order valence-electron chi connectivity index (χ4n) is 20.0. The van der Waals surface area contributed by atoms with Crippen molar-refractivity contribution in [2.75, 3.05) is 52.8 Å². The third-order valence-corrected chi connectivity index (χ3v) is 29.0. The minimum absolute atomic E-state index is 0.00731. The van der Waals surface area contributed by atoms with Crippen LogP contribution in [0.25, 0.3) is 0 Å². The number of aryl methyl sites for hydroxylation is 2. The molecule has 2 saturated carbocycles. The second kappa shape index (κ2) is 56.1. The number of quaternary nitrogens is 1. The standard InChI is InChI=1S/C110H154N3O24P/c1-79-90(133-106(125)100(98(85-53-43-38-44-54-85)112-104(123)86-55-45-39-46-56-86)135-96(121)71-69-93(117)111-88-66-64-83(65-67-88)52-42-35-31-27-23-19-14-10-11-16-20-24-28-32-36-49-59-94(118)119)77-110(126)103(136-105(124)87-57-47-40-48-58-87)101-108(6,102(122)99(132-80(2)114)97(79)107(110,4)5)91(76-92-109(101,78-129-92)137-81(3)115)134-95(120)70-68-89(116)75-84-62-60-82(61-63-84)51-41-34-30-26-22-18-15-12-13-17-21-25-29-33-37-50-73-130-138(127,128)131-74-72-113(7,8)9/h38-40,43-48,53-58,60-67,90-92,98-101,103,126H,10-37,41-42,49-52,59,68-78H2,1-9H3,(H3-,111,112,117,118,119,123,127,128)/p-1/t90-,91-,92+,98-,99+,100+,101-,103-,108+,109-,110+/m0/s1. The summed E-state index contributed by atoms with van der Waals surface area (Å²) in [6.45, 7) is 8.54. The Morgan fingerprint density at radius 1 is 0.536 bits per heavy atom. The van der Waals surface area contributed by atoms with Crippen LogP contribution in [0.3, 0.4) is 0 Å². The molecule has 2 amide bonds. The fraction of sp³-hybridized carbons (Fsp3) is 0.609. The van der Waals surface area contributed by atoms with Crippen molar-refractivity contribution in [1.29, 1.82) is 0 Å². The highest BCUT2D eigenvalue weighted by Gasteiger charge is 2.79. The van der Waals surface area contributed by atoms with Crippen LogP contribution in [0.5, 0.6) is 0 Å². The Kier molecular flexibility index (Phi) is 45.6. The second-order valence-electron chi connectivity index (χ2n) is 40.1. The van der Waals surface area contributed by atoms with Gasteiger partial charge >= 0.3 is 35.8 Å². The van der Waals surface area contributed by atoms with Crippen molar-refractivity contribution in [3.8, 4) is 0 Å². The molecule has 0 radical (unpaired) electrons. The van der Waals surface area contributed by atoms with Crippen molar-refractivity contribution in [2.45, 2.75) is 365 Å². The Morgan fingerprint density at radius 3 is 1.50 bits per heavy atom. The number of ether oxygens (including phenoxy) is 7. The summed E-state index contributed by atoms with van der Waals surface area (Å²) in [6, 6.07) is 37.7. The lowest BCUT2D eigenvalue weighted by atomic mass is 9.44. The van der Waals surface area contributed by atoms with Gasteiger partial charge in [0.15, 0.2) is 17.5 Å². The van der Waals surface area contributed by atoms with Gasteiger partial charge < -0.3 is 77.2 Å². The number of carbonyl (C=O) groups excluding carboxylic acids is 11. The molecule has 0 spiro atoms. The van der Waals surface area contributed by atoms with Crippen molar-refractivity contribution in [2.24, 2.45) is 16.7 Å². The topological polar surface area (TPSA) is 378 Å². The molecule has 5 aromatic carbocycles. The van der Waals surface area contributed by atoms with E-state index in [1.807, 2.05) is 57.5 Å². The van der Waals surface area contributed by atoms with Crippen molar-refractivity contribution in [3.05, 3.63) is 184 Å². The molecular formula is C110H153N3O24P-. The molecule has 1 heterocycles. The second-order valence-corrected chi connectivity index (χ2v) is 41.5. The van der Waals surface area contributed by atoms with Crippen LogP contribution in [-0.2, 0) is 109 Å². The maximum Gasteiger partial charge on any atom is 0.350 e. The number of aliphatic hydroxyl groups is 1. The summed E-state index contributed by atoms with van der Waals surface area (Å²) in [5.41, 5.74) is -5.04. The number of phosphoric acid groups is 1. The van der Waals surface area contributed by atoms with Crippen LogP contribution >= 0.6 is 7.82 Å². The van der Waals surface area contributed by atoms with Crippen LogP contribution in [0, 0.1) is 16.7 Å². The predicted octanol–water partition coefficient (Wildman–Crippen LogP) is 18.8. The van der Waals surface area contributed by atoms with E-state index in [0.717, 1.165) is 120 Å². The molecule has 0 aromatic heterocycles. The Balaban J connectivity index is 0.839. The normalized spacial score (nSPS) is 21.2. The van der Waals surface area contributed by atoms with Crippen LogP contribution in [0.1, 0.15) is 341 Å². The van der Waals surface area contributed by atoms with Gasteiger partial charge in [-0.25, -0.2) is 9.59 Å². The van der Waals surface area contributed by atoms with Crippen LogP contribution < -0.4 is 20.6 Å². The number of ketones is 2. The molecule has 28 heteroatoms. The maximum absolute atomic E-state index is 16.9. The average Bonchev–Trinajstić information content (AvgIpc) is 0.665. The number of rotatable bonds is 64. The third-order valence-electron chi connectivity index (χ3n) is 28.0. The largest absolute Gasteiger partial charge is 0.756 e. The van der Waals surface area contributed by atoms with Crippen LogP contribution in [0.4, 0.5) is 5.69 Å². The molecule has 27 nitrogen and oxygen atoms in total. The van der Waals surface area contributed by atoms with E-state index < -0.39 is 170 Å². The van der Waals surface area contributed by atoms with Gasteiger partial charge in [-0.15, -0.1) is 0 Å². The Bertz CT molecular complexity index is 4790. The first-order valence-electron chi connectivity index (χ1n) is 50.9. The summed E-state index contributed by atoms with van der Waals surface area (Å²) >= 11 is 0. The SMILES string of the molecule is CC(=O)O[C@H]1C(=O)[C@]2(C)[C@@H](OC(=O)CCC(=O)Cc3ccc(CCCCCCCCCCCCCCCCCCOP(=O)([O-])OCC[N+](C)(C)C)cc3)C[C@H]3OC[C@@]3(OC(C)=O)[C@H]2[C@H](OC(=O)c2ccccc2)[C@]2(O)C[C@H](OC(=O)[C@H](OC(=O)CCC(=O)Nc3ccc(CCCCCCCCCCCCCCCCCCC(=O)[O-])cc3)[C@@H](NC(=O)c3ccccc3)c3ccccc3)C(C)=C1C2(C)C. The van der Waals surface area contributed by atoms with E-state index in [2.05, 4.69) is 10.6 Å². The first-order chi connectivity index (χ1) is 66.0. The molecule has 758 valence electrons. The monoisotopic (exact) mass is 1930 g/mol. The quantitative estimate of drug-likeness (QED) is 0.00812. The Labute approximate surface area is 817 Å². The molecule has 3 fully saturated rings. The summed E-state index contributed by atoms with van der Waals surface area (Å²) in [7, 11) is 1.66. The minimum Gasteiger partial charge on any atom is -0.756 e. The van der Waals surface area contributed by atoms with E-state index in [1.165, 1.54) is 168 Å². The summed E-state index contributed by atoms with van der Waals surface area (Å²) in [5.74, 6) is -11.4. The van der Waals surface area contributed by atoms with E-state index in [0.29, 0.717) is 29.6 Å². The summed E-state index contributed by atoms with van der Waals surface area (Å²) in [4.78, 5) is 170. The molecule has 5 aromatic rings. The first kappa shape index (κ1) is 112. The van der Waals surface area contributed by atoms with Gasteiger partial charge in [0.2, 0.25) is 12.0 Å². The number of esters is 6. The van der Waals surface area contributed by atoms with E-state index in [9.17, 15) is 58.0 Å². The lowest BCUT2D eigenvalue weighted by Gasteiger charge is -2.67. The molecule has 138 heavy (non-hydrogen) atoms. The third kappa shape index (κ3) is 34.7. The van der Waals surface area contributed by atoms with Crippen LogP contribution in [0.2, 0.25) is 0 Å². The number of hydrogen-bond acceptors (Lipinski definition) is 24. The van der Waals surface area contributed by atoms with Gasteiger partial charge in [0.1, 0.15) is 55.0 Å². The molecule has 3 aliphatic carbocycles. The predicted molar refractivity (Wildman–Crippen MR) is 521 cm³/mol. The highest BCUT2D eigenvalue weighted by molar-refractivity contribution is 7.45. The first-order valence-corrected chi connectivity index (χ1v) is 52.3. The van der Waals surface area contributed by atoms with Crippen molar-refractivity contribution in [1.82, 2.24) is 5.32 Å². The highest BCUT2D eigenvalue weighted by atomic mass is 31.2. The molecule has 2 bridgehead atoms. The number of carboxylic acids is 1. The van der Waals surface area contributed by atoms with Crippen molar-refractivity contribution in [3.63, 3.8) is 0 Å². The smallest absolute Gasteiger partial charge is 0.350 e. The number of Topliss-reactive ketones (excluding diaryl/α,β-unsaturated/α-hetero) is 2. The van der Waals surface area contributed by atoms with Gasteiger partial charge in [-0.3, -0.25) is 42.9 Å². The molecule has 1 aliphatic heterocycles. The number of likely N-dealkylation sites (N-methyl/N-ethyl adjacent to an activating group) is 1. The Morgan fingerprint density at radius 2 is 1.01 bits per heavy atom. The van der Waals surface area contributed by atoms with Crippen LogP contribution in [0.15, 0.2) is 151 Å². The summed E-state index contributed by atoms with van der Waals surface area (Å²) in [5, 5.41) is 31.0. The zero-order chi connectivity index (χ0) is 99.7. The van der Waals surface area contributed by atoms with Gasteiger partial charge in [-0.2, -0.15) is 0 Å². The number of carbonyl (C=O) groups is 11. The molecule has 4 aliphatic rings. The van der Waals surface area contributed by atoms with E-state index in [4.69, 9.17) is 42.2 Å². The van der Waals surface area contributed by atoms with Crippen molar-refractivity contribution >= 4 is 78.7 Å². The maximum atomic E-state index is 16.9. The lowest BCUT2D eigenvalue weighted by molar-refractivity contribution is -0.870. The number of nitrogens with one attached hydrogen (secondary N) is 2. The molecule has 12 atom stereocenters. The summed E-state index contributed by atoms with van der Waals surface area (Å²) < 4.78 is 67.5. The number of fused-ring (bicyclic) bond motifs is 5. The molecular weight excluding hydrogens is 1780 g/mol. The molecule has 1 unspecified atom stereocenters. The van der Waals surface area contributed by atoms with Gasteiger partial charge in [0.25, 0.3) is 13.7 Å². The molecule has 1 saturated heterocycles.